The van der Waals surface area contributed by atoms with Crippen LogP contribution in [0.4, 0.5) is 0 Å². The van der Waals surface area contributed by atoms with Crippen molar-refractivity contribution < 1.29 is 14.3 Å². The predicted molar refractivity (Wildman–Crippen MR) is 61.3 cm³/mol. The minimum absolute atomic E-state index is 0.0159. The maximum Gasteiger partial charge on any atom is 0.188 e. The molecule has 0 N–H and O–H groups in total. The van der Waals surface area contributed by atoms with Gasteiger partial charge in [0.2, 0.25) is 0 Å². The van der Waals surface area contributed by atoms with Gasteiger partial charge in [-0.3, -0.25) is 4.79 Å². The number of fused-ring (bicyclic) bond motifs is 1. The van der Waals surface area contributed by atoms with Crippen LogP contribution in [0.2, 0.25) is 0 Å². The van der Waals surface area contributed by atoms with Crippen LogP contribution in [0, 0.1) is 0 Å². The number of benzene rings is 1. The lowest BCUT2D eigenvalue weighted by Crippen LogP contribution is -2.13. The largest absolute Gasteiger partial charge is 0.493 e. The summed E-state index contributed by atoms with van der Waals surface area (Å²) in [6.45, 7) is 3.77. The van der Waals surface area contributed by atoms with Gasteiger partial charge in [-0.15, -0.1) is 0 Å². The van der Waals surface area contributed by atoms with Crippen LogP contribution in [0.15, 0.2) is 24.3 Å². The Hall–Kier alpha value is -1.77. The molecule has 2 rings (SSSR count). The van der Waals surface area contributed by atoms with Gasteiger partial charge in [-0.25, -0.2) is 0 Å². The molecule has 0 unspecified atom stereocenters. The van der Waals surface area contributed by atoms with Crippen molar-refractivity contribution in [3.8, 4) is 11.5 Å². The standard InChI is InChI=1S/C13H14O3/c1-8-4-5-9-6-11(15-2)12(16-3)7-10(9)13(8)14/h6-7H,1,4-5H2,2-3H3. The number of carbonyl (C=O) groups is 1. The summed E-state index contributed by atoms with van der Waals surface area (Å²) >= 11 is 0. The van der Waals surface area contributed by atoms with Crippen LogP contribution in [-0.4, -0.2) is 20.0 Å². The van der Waals surface area contributed by atoms with Gasteiger partial charge in [0.25, 0.3) is 0 Å². The van der Waals surface area contributed by atoms with E-state index >= 15 is 0 Å². The molecule has 0 saturated carbocycles. The second kappa shape index (κ2) is 4.00. The predicted octanol–water partition coefficient (Wildman–Crippen LogP) is 2.39. The molecule has 84 valence electrons. The van der Waals surface area contributed by atoms with Gasteiger partial charge in [-0.2, -0.15) is 0 Å². The highest BCUT2D eigenvalue weighted by molar-refractivity contribution is 6.10. The first-order valence-corrected chi connectivity index (χ1v) is 5.14. The smallest absolute Gasteiger partial charge is 0.188 e. The minimum Gasteiger partial charge on any atom is -0.493 e. The SMILES string of the molecule is C=C1CCc2cc(OC)c(OC)cc2C1=O. The van der Waals surface area contributed by atoms with Crippen molar-refractivity contribution in [2.24, 2.45) is 0 Å². The van der Waals surface area contributed by atoms with Gasteiger partial charge >= 0.3 is 0 Å². The van der Waals surface area contributed by atoms with Crippen LogP contribution in [0.25, 0.3) is 0 Å². The molecule has 0 spiro atoms. The molecule has 0 fully saturated rings. The highest BCUT2D eigenvalue weighted by Gasteiger charge is 2.22. The average Bonchev–Trinajstić information content (AvgIpc) is 2.32. The van der Waals surface area contributed by atoms with Crippen molar-refractivity contribution in [1.29, 1.82) is 0 Å². The Morgan fingerprint density at radius 2 is 1.75 bits per heavy atom. The van der Waals surface area contributed by atoms with Gasteiger partial charge in [-0.05, 0) is 36.1 Å². The molecule has 0 atom stereocenters. The van der Waals surface area contributed by atoms with E-state index in [0.29, 0.717) is 22.6 Å². The van der Waals surface area contributed by atoms with E-state index in [0.717, 1.165) is 18.4 Å². The third-order valence-electron chi connectivity index (χ3n) is 2.87. The topological polar surface area (TPSA) is 35.5 Å². The van der Waals surface area contributed by atoms with E-state index in [-0.39, 0.29) is 5.78 Å². The lowest BCUT2D eigenvalue weighted by molar-refractivity contribution is 0.102. The molecule has 1 aliphatic carbocycles. The molecule has 0 saturated heterocycles. The summed E-state index contributed by atoms with van der Waals surface area (Å²) in [5.41, 5.74) is 2.36. The molecule has 3 nitrogen and oxygen atoms in total. The van der Waals surface area contributed by atoms with E-state index in [9.17, 15) is 4.79 Å². The Kier molecular flexibility index (Phi) is 2.69. The number of hydrogen-bond donors (Lipinski definition) is 0. The first-order chi connectivity index (χ1) is 7.67. The summed E-state index contributed by atoms with van der Waals surface area (Å²) in [6.07, 6.45) is 1.56. The van der Waals surface area contributed by atoms with Crippen LogP contribution < -0.4 is 9.47 Å². The molecular formula is C13H14O3. The van der Waals surface area contributed by atoms with Crippen molar-refractivity contribution in [1.82, 2.24) is 0 Å². The molecule has 0 aromatic heterocycles. The molecule has 1 aromatic rings. The van der Waals surface area contributed by atoms with E-state index in [4.69, 9.17) is 9.47 Å². The second-order valence-electron chi connectivity index (χ2n) is 3.80. The molecule has 1 aliphatic rings. The van der Waals surface area contributed by atoms with E-state index in [2.05, 4.69) is 6.58 Å². The van der Waals surface area contributed by atoms with Gasteiger partial charge < -0.3 is 9.47 Å². The molecule has 0 amide bonds. The second-order valence-corrected chi connectivity index (χ2v) is 3.80. The molecule has 0 heterocycles. The fourth-order valence-corrected chi connectivity index (χ4v) is 1.93. The van der Waals surface area contributed by atoms with Gasteiger partial charge in [0.15, 0.2) is 17.3 Å². The first kappa shape index (κ1) is 10.7. The fourth-order valence-electron chi connectivity index (χ4n) is 1.93. The Labute approximate surface area is 94.7 Å². The lowest BCUT2D eigenvalue weighted by atomic mass is 9.87. The number of ether oxygens (including phenoxy) is 2. The fraction of sp³-hybridized carbons (Fsp3) is 0.308. The van der Waals surface area contributed by atoms with Crippen molar-refractivity contribution in [3.05, 3.63) is 35.4 Å². The average molecular weight is 218 g/mol. The Balaban J connectivity index is 2.56. The number of allylic oxidation sites excluding steroid dienone is 1. The highest BCUT2D eigenvalue weighted by Crippen LogP contribution is 2.34. The van der Waals surface area contributed by atoms with Gasteiger partial charge in [0.05, 0.1) is 14.2 Å². The number of Topliss-reactive ketones (excluding diaryl/α,β-unsaturated/α-hetero) is 1. The highest BCUT2D eigenvalue weighted by atomic mass is 16.5. The van der Waals surface area contributed by atoms with E-state index in [1.807, 2.05) is 6.07 Å². The van der Waals surface area contributed by atoms with Crippen molar-refractivity contribution >= 4 is 5.78 Å². The summed E-state index contributed by atoms with van der Waals surface area (Å²) in [4.78, 5) is 11.9. The number of methoxy groups -OCH3 is 2. The van der Waals surface area contributed by atoms with Gasteiger partial charge in [-0.1, -0.05) is 6.58 Å². The molecule has 0 aliphatic heterocycles. The zero-order valence-electron chi connectivity index (χ0n) is 9.50. The summed E-state index contributed by atoms with van der Waals surface area (Å²) in [5, 5.41) is 0. The maximum atomic E-state index is 11.9. The summed E-state index contributed by atoms with van der Waals surface area (Å²) in [5.74, 6) is 1.27. The maximum absolute atomic E-state index is 11.9. The zero-order valence-corrected chi connectivity index (χ0v) is 9.50. The zero-order chi connectivity index (χ0) is 11.7. The number of rotatable bonds is 2. The summed E-state index contributed by atoms with van der Waals surface area (Å²) in [7, 11) is 3.15. The minimum atomic E-state index is 0.0159. The van der Waals surface area contributed by atoms with Crippen LogP contribution in [0.5, 0.6) is 11.5 Å². The van der Waals surface area contributed by atoms with Crippen LogP contribution in [0.3, 0.4) is 0 Å². The number of aryl methyl sites for hydroxylation is 1. The third kappa shape index (κ3) is 1.58. The van der Waals surface area contributed by atoms with Crippen molar-refractivity contribution in [2.75, 3.05) is 14.2 Å². The van der Waals surface area contributed by atoms with Crippen molar-refractivity contribution in [2.45, 2.75) is 12.8 Å². The number of hydrogen-bond acceptors (Lipinski definition) is 3. The molecule has 1 aromatic carbocycles. The van der Waals surface area contributed by atoms with Gasteiger partial charge in [0, 0.05) is 5.56 Å². The Bertz CT molecular complexity index is 460. The Morgan fingerprint density at radius 1 is 1.12 bits per heavy atom. The van der Waals surface area contributed by atoms with Crippen LogP contribution in [0.1, 0.15) is 22.3 Å². The van der Waals surface area contributed by atoms with Crippen LogP contribution >= 0.6 is 0 Å². The third-order valence-corrected chi connectivity index (χ3v) is 2.87. The molecule has 16 heavy (non-hydrogen) atoms. The number of ketones is 1. The van der Waals surface area contributed by atoms with Gasteiger partial charge in [0.1, 0.15) is 0 Å². The van der Waals surface area contributed by atoms with E-state index in [1.54, 1.807) is 20.3 Å². The summed E-state index contributed by atoms with van der Waals surface area (Å²) < 4.78 is 10.4. The van der Waals surface area contributed by atoms with E-state index in [1.165, 1.54) is 0 Å². The molecule has 0 radical (unpaired) electrons. The normalized spacial score (nSPS) is 14.6. The lowest BCUT2D eigenvalue weighted by Gasteiger charge is -2.19. The van der Waals surface area contributed by atoms with Crippen molar-refractivity contribution in [3.63, 3.8) is 0 Å². The molecule has 0 bridgehead atoms. The first-order valence-electron chi connectivity index (χ1n) is 5.14. The Morgan fingerprint density at radius 3 is 2.38 bits per heavy atom. The van der Waals surface area contributed by atoms with Crippen LogP contribution in [-0.2, 0) is 6.42 Å². The molecule has 3 heteroatoms. The quantitative estimate of drug-likeness (QED) is 0.715. The van der Waals surface area contributed by atoms with E-state index < -0.39 is 0 Å². The monoisotopic (exact) mass is 218 g/mol. The number of carbonyl (C=O) groups excluding carboxylic acids is 1. The summed E-state index contributed by atoms with van der Waals surface area (Å²) in [6, 6.07) is 3.61. The molecular weight excluding hydrogens is 204 g/mol.